The molecule has 0 saturated heterocycles. The molecule has 0 saturated carbocycles. The molecule has 1 atom stereocenters. The van der Waals surface area contributed by atoms with Crippen LogP contribution in [0, 0.1) is 5.82 Å². The molecule has 6 nitrogen and oxygen atoms in total. The number of ether oxygens (including phenoxy) is 1. The Labute approximate surface area is 181 Å². The first-order chi connectivity index (χ1) is 14.8. The number of hydrogen-bond donors (Lipinski definition) is 1. The molecule has 1 unspecified atom stereocenters. The van der Waals surface area contributed by atoms with Gasteiger partial charge in [-0.15, -0.1) is 0 Å². The second kappa shape index (κ2) is 9.61. The number of methoxy groups -OCH3 is 1. The molecule has 0 heterocycles. The number of carbonyl (C=O) groups is 1. The van der Waals surface area contributed by atoms with E-state index in [1.807, 2.05) is 37.3 Å². The monoisotopic (exact) mass is 442 g/mol. The number of carbonyl (C=O) groups excluding carboxylic acids is 1. The minimum absolute atomic E-state index is 0.0125. The van der Waals surface area contributed by atoms with Gasteiger partial charge in [0.15, 0.2) is 0 Å². The van der Waals surface area contributed by atoms with E-state index in [0.29, 0.717) is 5.75 Å². The van der Waals surface area contributed by atoms with E-state index in [4.69, 9.17) is 4.74 Å². The molecule has 3 aromatic carbocycles. The lowest BCUT2D eigenvalue weighted by molar-refractivity contribution is -0.120. The van der Waals surface area contributed by atoms with Gasteiger partial charge in [-0.25, -0.2) is 12.8 Å². The van der Waals surface area contributed by atoms with E-state index in [1.165, 1.54) is 43.5 Å². The van der Waals surface area contributed by atoms with Crippen molar-refractivity contribution in [3.8, 4) is 5.75 Å². The molecule has 162 valence electrons. The van der Waals surface area contributed by atoms with Crippen LogP contribution >= 0.6 is 0 Å². The molecular weight excluding hydrogens is 419 g/mol. The number of nitrogens with one attached hydrogen (secondary N) is 1. The zero-order valence-corrected chi connectivity index (χ0v) is 18.0. The molecule has 0 bridgehead atoms. The molecule has 0 aliphatic carbocycles. The van der Waals surface area contributed by atoms with Gasteiger partial charge in [0.05, 0.1) is 23.7 Å². The van der Waals surface area contributed by atoms with Crippen LogP contribution < -0.4 is 14.4 Å². The molecule has 1 amide bonds. The van der Waals surface area contributed by atoms with Crippen molar-refractivity contribution >= 4 is 21.6 Å². The molecule has 8 heteroatoms. The van der Waals surface area contributed by atoms with Crippen LogP contribution in [0.5, 0.6) is 5.75 Å². The minimum Gasteiger partial charge on any atom is -0.497 e. The van der Waals surface area contributed by atoms with Gasteiger partial charge < -0.3 is 10.1 Å². The van der Waals surface area contributed by atoms with Crippen molar-refractivity contribution in [2.75, 3.05) is 18.0 Å². The molecular formula is C23H23FN2O4S. The first-order valence-corrected chi connectivity index (χ1v) is 11.0. The summed E-state index contributed by atoms with van der Waals surface area (Å²) in [4.78, 5) is 12.7. The van der Waals surface area contributed by atoms with Crippen molar-refractivity contribution < 1.29 is 22.3 Å². The summed E-state index contributed by atoms with van der Waals surface area (Å²) in [6.07, 6.45) is 0. The smallest absolute Gasteiger partial charge is 0.264 e. The Morgan fingerprint density at radius 2 is 1.61 bits per heavy atom. The summed E-state index contributed by atoms with van der Waals surface area (Å²) < 4.78 is 46.1. The average Bonchev–Trinajstić information content (AvgIpc) is 2.78. The molecule has 0 aliphatic rings. The molecule has 0 spiro atoms. The highest BCUT2D eigenvalue weighted by atomic mass is 32.2. The maximum atomic E-state index is 13.4. The molecule has 1 N–H and O–H groups in total. The molecule has 0 aromatic heterocycles. The fourth-order valence-corrected chi connectivity index (χ4v) is 4.46. The lowest BCUT2D eigenvalue weighted by Gasteiger charge is -2.25. The van der Waals surface area contributed by atoms with Crippen LogP contribution in [0.25, 0.3) is 0 Å². The lowest BCUT2D eigenvalue weighted by Crippen LogP contribution is -2.41. The van der Waals surface area contributed by atoms with Crippen LogP contribution in [0.2, 0.25) is 0 Å². The van der Waals surface area contributed by atoms with Crippen LogP contribution in [0.3, 0.4) is 0 Å². The van der Waals surface area contributed by atoms with Gasteiger partial charge in [-0.05, 0) is 61.0 Å². The molecule has 0 radical (unpaired) electrons. The summed E-state index contributed by atoms with van der Waals surface area (Å²) >= 11 is 0. The van der Waals surface area contributed by atoms with Gasteiger partial charge in [-0.1, -0.05) is 30.3 Å². The van der Waals surface area contributed by atoms with Crippen LogP contribution in [0.15, 0.2) is 83.8 Å². The summed E-state index contributed by atoms with van der Waals surface area (Å²) in [6, 6.07) is 19.8. The topological polar surface area (TPSA) is 75.7 Å². The molecule has 0 fully saturated rings. The summed E-state index contributed by atoms with van der Waals surface area (Å²) in [5.74, 6) is -0.493. The van der Waals surface area contributed by atoms with Gasteiger partial charge in [0, 0.05) is 0 Å². The first kappa shape index (κ1) is 22.3. The van der Waals surface area contributed by atoms with Gasteiger partial charge in [0.2, 0.25) is 5.91 Å². The summed E-state index contributed by atoms with van der Waals surface area (Å²) in [5, 5.41) is 2.81. The zero-order valence-electron chi connectivity index (χ0n) is 17.2. The van der Waals surface area contributed by atoms with E-state index in [9.17, 15) is 17.6 Å². The maximum absolute atomic E-state index is 13.4. The number of sulfonamides is 1. The number of amides is 1. The highest BCUT2D eigenvalue weighted by Gasteiger charge is 2.28. The second-order valence-corrected chi connectivity index (χ2v) is 8.73. The third-order valence-corrected chi connectivity index (χ3v) is 6.51. The lowest BCUT2D eigenvalue weighted by atomic mass is 10.1. The fraction of sp³-hybridized carbons (Fsp3) is 0.174. The first-order valence-electron chi connectivity index (χ1n) is 9.58. The maximum Gasteiger partial charge on any atom is 0.264 e. The zero-order chi connectivity index (χ0) is 22.4. The van der Waals surface area contributed by atoms with E-state index in [-0.39, 0.29) is 16.6 Å². The van der Waals surface area contributed by atoms with Crippen LogP contribution in [-0.4, -0.2) is 28.0 Å². The molecule has 3 aromatic rings. The summed E-state index contributed by atoms with van der Waals surface area (Å²) in [7, 11) is -2.61. The quantitative estimate of drug-likeness (QED) is 0.574. The second-order valence-electron chi connectivity index (χ2n) is 6.86. The van der Waals surface area contributed by atoms with Gasteiger partial charge in [-0.2, -0.15) is 0 Å². The predicted octanol–water partition coefficient (Wildman–Crippen LogP) is 3.91. The van der Waals surface area contributed by atoms with Crippen LogP contribution in [-0.2, 0) is 14.8 Å². The number of nitrogens with zero attached hydrogens (tertiary/aromatic N) is 1. The Morgan fingerprint density at radius 1 is 1.00 bits per heavy atom. The molecule has 31 heavy (non-hydrogen) atoms. The van der Waals surface area contributed by atoms with Crippen LogP contribution in [0.4, 0.5) is 10.1 Å². The number of halogens is 1. The number of anilines is 1. The Kier molecular flexibility index (Phi) is 6.91. The largest absolute Gasteiger partial charge is 0.497 e. The average molecular weight is 443 g/mol. The fourth-order valence-electron chi connectivity index (χ4n) is 3.04. The van der Waals surface area contributed by atoms with Crippen LogP contribution in [0.1, 0.15) is 18.5 Å². The third kappa shape index (κ3) is 5.40. The summed E-state index contributed by atoms with van der Waals surface area (Å²) in [5.41, 5.74) is 1.07. The Balaban J connectivity index is 1.89. The van der Waals surface area contributed by atoms with E-state index >= 15 is 0 Å². The Hall–Kier alpha value is -3.39. The van der Waals surface area contributed by atoms with Gasteiger partial charge in [0.25, 0.3) is 10.0 Å². The predicted molar refractivity (Wildman–Crippen MR) is 117 cm³/mol. The Morgan fingerprint density at radius 3 is 2.19 bits per heavy atom. The SMILES string of the molecule is COc1ccc(S(=O)(=O)N(CC(=O)NC(C)c2ccccc2)c2ccc(F)cc2)cc1. The normalized spacial score (nSPS) is 12.1. The van der Waals surface area contributed by atoms with E-state index < -0.39 is 28.3 Å². The van der Waals surface area contributed by atoms with E-state index in [1.54, 1.807) is 0 Å². The van der Waals surface area contributed by atoms with Gasteiger partial charge in [-0.3, -0.25) is 9.10 Å². The number of benzene rings is 3. The highest BCUT2D eigenvalue weighted by molar-refractivity contribution is 7.92. The van der Waals surface area contributed by atoms with Gasteiger partial charge >= 0.3 is 0 Å². The van der Waals surface area contributed by atoms with Crippen molar-refractivity contribution in [3.05, 3.63) is 90.2 Å². The van der Waals surface area contributed by atoms with Crippen molar-refractivity contribution in [2.45, 2.75) is 17.9 Å². The van der Waals surface area contributed by atoms with Crippen molar-refractivity contribution in [2.24, 2.45) is 0 Å². The third-order valence-electron chi connectivity index (χ3n) is 4.73. The van der Waals surface area contributed by atoms with Crippen molar-refractivity contribution in [3.63, 3.8) is 0 Å². The summed E-state index contributed by atoms with van der Waals surface area (Å²) in [6.45, 7) is 1.35. The number of rotatable bonds is 8. The molecule has 0 aliphatic heterocycles. The van der Waals surface area contributed by atoms with Crippen molar-refractivity contribution in [1.29, 1.82) is 0 Å². The highest BCUT2D eigenvalue weighted by Crippen LogP contribution is 2.25. The standard InChI is InChI=1S/C23H23FN2O4S/c1-17(18-6-4-3-5-7-18)25-23(27)16-26(20-10-8-19(24)9-11-20)31(28,29)22-14-12-21(30-2)13-15-22/h3-15,17H,16H2,1-2H3,(H,25,27). The number of hydrogen-bond acceptors (Lipinski definition) is 4. The molecule has 3 rings (SSSR count). The van der Waals surface area contributed by atoms with E-state index in [2.05, 4.69) is 5.32 Å². The minimum atomic E-state index is -4.09. The van der Waals surface area contributed by atoms with Gasteiger partial charge in [0.1, 0.15) is 18.1 Å². The Bertz CT molecular complexity index is 1120. The van der Waals surface area contributed by atoms with Crippen molar-refractivity contribution in [1.82, 2.24) is 5.32 Å². The van der Waals surface area contributed by atoms with E-state index in [0.717, 1.165) is 22.0 Å².